The molecule has 0 fully saturated rings. The summed E-state index contributed by atoms with van der Waals surface area (Å²) in [5, 5.41) is 11.7. The molecule has 0 bridgehead atoms. The van der Waals surface area contributed by atoms with Gasteiger partial charge in [0.2, 0.25) is 0 Å². The van der Waals surface area contributed by atoms with E-state index in [4.69, 9.17) is 5.11 Å². The number of aromatic nitrogens is 2. The third kappa shape index (κ3) is 3.05. The molecule has 16 heavy (non-hydrogen) atoms. The highest BCUT2D eigenvalue weighted by Gasteiger charge is 2.15. The van der Waals surface area contributed by atoms with Crippen molar-refractivity contribution in [1.29, 1.82) is 0 Å². The van der Waals surface area contributed by atoms with Crippen LogP contribution in [0.3, 0.4) is 0 Å². The van der Waals surface area contributed by atoms with Gasteiger partial charge < -0.3 is 10.4 Å². The fourth-order valence-corrected chi connectivity index (χ4v) is 1.18. The molecule has 0 amide bonds. The Bertz CT molecular complexity index is 404. The van der Waals surface area contributed by atoms with Crippen LogP contribution in [-0.4, -0.2) is 27.1 Å². The number of nitrogens with one attached hydrogen (secondary N) is 1. The second-order valence-corrected chi connectivity index (χ2v) is 3.49. The van der Waals surface area contributed by atoms with Crippen LogP contribution >= 0.6 is 0 Å². The molecular formula is C11H15N3O2. The molecule has 0 radical (unpaired) electrons. The number of rotatable bonds is 5. The van der Waals surface area contributed by atoms with Crippen LogP contribution in [0.15, 0.2) is 18.9 Å². The van der Waals surface area contributed by atoms with E-state index in [2.05, 4.69) is 21.9 Å². The lowest BCUT2D eigenvalue weighted by Gasteiger charge is -2.13. The van der Waals surface area contributed by atoms with Crippen molar-refractivity contribution in [3.8, 4) is 0 Å². The van der Waals surface area contributed by atoms with Crippen LogP contribution in [0.5, 0.6) is 0 Å². The Labute approximate surface area is 94.2 Å². The number of anilines is 1. The van der Waals surface area contributed by atoms with Gasteiger partial charge in [0.05, 0.1) is 17.6 Å². The van der Waals surface area contributed by atoms with Gasteiger partial charge in [-0.15, -0.1) is 6.58 Å². The Morgan fingerprint density at radius 3 is 2.81 bits per heavy atom. The van der Waals surface area contributed by atoms with Crippen molar-refractivity contribution in [2.24, 2.45) is 0 Å². The predicted octanol–water partition coefficient (Wildman–Crippen LogP) is 1.53. The molecule has 86 valence electrons. The number of aryl methyl sites for hydroxylation is 2. The summed E-state index contributed by atoms with van der Waals surface area (Å²) in [5.41, 5.74) is 1.62. The van der Waals surface area contributed by atoms with Crippen molar-refractivity contribution >= 4 is 11.8 Å². The summed E-state index contributed by atoms with van der Waals surface area (Å²) in [4.78, 5) is 19.2. The van der Waals surface area contributed by atoms with Gasteiger partial charge in [-0.2, -0.15) is 0 Å². The number of carboxylic acid groups (broad SMARTS) is 1. The Morgan fingerprint density at radius 2 is 2.31 bits per heavy atom. The predicted molar refractivity (Wildman–Crippen MR) is 61.4 cm³/mol. The molecule has 0 saturated carbocycles. The highest BCUT2D eigenvalue weighted by Crippen LogP contribution is 2.08. The standard InChI is InChI=1S/C11H15N3O2/c1-4-5-9(11(15)16)14-10-6-12-7(2)8(3)13-10/h4,6,9H,1,5H2,2-3H3,(H,13,14)(H,15,16). The molecule has 0 saturated heterocycles. The molecule has 0 aliphatic carbocycles. The molecular weight excluding hydrogens is 206 g/mol. The summed E-state index contributed by atoms with van der Waals surface area (Å²) in [7, 11) is 0. The number of carboxylic acids is 1. The molecule has 0 aliphatic rings. The quantitative estimate of drug-likeness (QED) is 0.737. The molecule has 1 aromatic rings. The number of hydrogen-bond donors (Lipinski definition) is 2. The second kappa shape index (κ2) is 5.25. The van der Waals surface area contributed by atoms with E-state index in [1.807, 2.05) is 13.8 Å². The van der Waals surface area contributed by atoms with Crippen molar-refractivity contribution in [2.45, 2.75) is 26.3 Å². The lowest BCUT2D eigenvalue weighted by Crippen LogP contribution is -2.29. The maximum Gasteiger partial charge on any atom is 0.326 e. The van der Waals surface area contributed by atoms with Gasteiger partial charge in [0.1, 0.15) is 11.9 Å². The molecule has 1 rings (SSSR count). The summed E-state index contributed by atoms with van der Waals surface area (Å²) >= 11 is 0. The maximum absolute atomic E-state index is 10.9. The van der Waals surface area contributed by atoms with Gasteiger partial charge in [0.25, 0.3) is 0 Å². The minimum absolute atomic E-state index is 0.337. The van der Waals surface area contributed by atoms with Gasteiger partial charge in [-0.3, -0.25) is 4.98 Å². The number of hydrogen-bond acceptors (Lipinski definition) is 4. The van der Waals surface area contributed by atoms with Gasteiger partial charge in [-0.1, -0.05) is 6.08 Å². The SMILES string of the molecule is C=CCC(Nc1cnc(C)c(C)n1)C(=O)O. The summed E-state index contributed by atoms with van der Waals surface area (Å²) in [6.07, 6.45) is 3.42. The number of aliphatic carboxylic acids is 1. The first kappa shape index (κ1) is 12.2. The van der Waals surface area contributed by atoms with Crippen molar-refractivity contribution in [2.75, 3.05) is 5.32 Å². The third-order valence-electron chi connectivity index (χ3n) is 2.21. The highest BCUT2D eigenvalue weighted by atomic mass is 16.4. The van der Waals surface area contributed by atoms with E-state index >= 15 is 0 Å². The van der Waals surface area contributed by atoms with E-state index in [9.17, 15) is 4.79 Å². The summed E-state index contributed by atoms with van der Waals surface area (Å²) < 4.78 is 0. The normalized spacial score (nSPS) is 11.9. The monoisotopic (exact) mass is 221 g/mol. The molecule has 1 unspecified atom stereocenters. The molecule has 1 heterocycles. The van der Waals surface area contributed by atoms with E-state index in [-0.39, 0.29) is 0 Å². The van der Waals surface area contributed by atoms with E-state index in [0.717, 1.165) is 11.4 Å². The molecule has 5 nitrogen and oxygen atoms in total. The third-order valence-corrected chi connectivity index (χ3v) is 2.21. The zero-order chi connectivity index (χ0) is 12.1. The zero-order valence-electron chi connectivity index (χ0n) is 9.40. The van der Waals surface area contributed by atoms with E-state index < -0.39 is 12.0 Å². The second-order valence-electron chi connectivity index (χ2n) is 3.49. The van der Waals surface area contributed by atoms with Crippen LogP contribution in [-0.2, 0) is 4.79 Å². The molecule has 1 atom stereocenters. The van der Waals surface area contributed by atoms with Crippen LogP contribution in [0.2, 0.25) is 0 Å². The van der Waals surface area contributed by atoms with E-state index in [0.29, 0.717) is 12.2 Å². The maximum atomic E-state index is 10.9. The van der Waals surface area contributed by atoms with Gasteiger partial charge in [0.15, 0.2) is 0 Å². The topological polar surface area (TPSA) is 75.1 Å². The van der Waals surface area contributed by atoms with Crippen LogP contribution in [0, 0.1) is 13.8 Å². The van der Waals surface area contributed by atoms with Gasteiger partial charge >= 0.3 is 5.97 Å². The summed E-state index contributed by atoms with van der Waals surface area (Å²) in [6, 6.07) is -0.714. The average molecular weight is 221 g/mol. The fraction of sp³-hybridized carbons (Fsp3) is 0.364. The first-order valence-electron chi connectivity index (χ1n) is 4.95. The number of nitrogens with zero attached hydrogens (tertiary/aromatic N) is 2. The molecule has 0 aromatic carbocycles. The zero-order valence-corrected chi connectivity index (χ0v) is 9.40. The van der Waals surface area contributed by atoms with Gasteiger partial charge in [-0.05, 0) is 20.3 Å². The fourth-order valence-electron chi connectivity index (χ4n) is 1.18. The molecule has 5 heteroatoms. The smallest absolute Gasteiger partial charge is 0.326 e. The summed E-state index contributed by atoms with van der Waals surface area (Å²) in [6.45, 7) is 7.20. The van der Waals surface area contributed by atoms with Crippen LogP contribution < -0.4 is 5.32 Å². The highest BCUT2D eigenvalue weighted by molar-refractivity contribution is 5.77. The van der Waals surface area contributed by atoms with Crippen LogP contribution in [0.25, 0.3) is 0 Å². The molecule has 0 aliphatic heterocycles. The lowest BCUT2D eigenvalue weighted by atomic mass is 10.2. The average Bonchev–Trinajstić information content (AvgIpc) is 2.22. The van der Waals surface area contributed by atoms with Gasteiger partial charge in [-0.25, -0.2) is 9.78 Å². The van der Waals surface area contributed by atoms with Crippen LogP contribution in [0.4, 0.5) is 5.82 Å². The largest absolute Gasteiger partial charge is 0.480 e. The molecule has 1 aromatic heterocycles. The molecule has 2 N–H and O–H groups in total. The Balaban J connectivity index is 2.81. The Morgan fingerprint density at radius 1 is 1.62 bits per heavy atom. The Hall–Kier alpha value is -1.91. The van der Waals surface area contributed by atoms with Crippen molar-refractivity contribution in [1.82, 2.24) is 9.97 Å². The van der Waals surface area contributed by atoms with Crippen molar-refractivity contribution in [3.63, 3.8) is 0 Å². The van der Waals surface area contributed by atoms with E-state index in [1.54, 1.807) is 6.08 Å². The first-order chi connectivity index (χ1) is 7.54. The van der Waals surface area contributed by atoms with Gasteiger partial charge in [0, 0.05) is 0 Å². The van der Waals surface area contributed by atoms with Crippen molar-refractivity contribution in [3.05, 3.63) is 30.2 Å². The molecule has 0 spiro atoms. The Kier molecular flexibility index (Phi) is 3.99. The van der Waals surface area contributed by atoms with Crippen LogP contribution in [0.1, 0.15) is 17.8 Å². The van der Waals surface area contributed by atoms with Crippen molar-refractivity contribution < 1.29 is 9.90 Å². The number of carbonyl (C=O) groups is 1. The summed E-state index contributed by atoms with van der Waals surface area (Å²) in [5.74, 6) is -0.461. The minimum atomic E-state index is -0.931. The lowest BCUT2D eigenvalue weighted by molar-refractivity contribution is -0.137. The first-order valence-corrected chi connectivity index (χ1v) is 4.95. The minimum Gasteiger partial charge on any atom is -0.480 e. The van der Waals surface area contributed by atoms with E-state index in [1.165, 1.54) is 6.20 Å².